The fourth-order valence-electron chi connectivity index (χ4n) is 2.51. The van der Waals surface area contributed by atoms with Crippen LogP contribution in [0.1, 0.15) is 46.1 Å². The molecular formula is C16H28N4O2. The number of aromatic nitrogens is 2. The van der Waals surface area contributed by atoms with Gasteiger partial charge in [0.05, 0.1) is 6.20 Å². The Bertz CT molecular complexity index is 516. The Balaban J connectivity index is 1.86. The molecular weight excluding hydrogens is 280 g/mol. The molecule has 6 heteroatoms. The molecule has 1 amide bonds. The minimum absolute atomic E-state index is 0.118. The van der Waals surface area contributed by atoms with E-state index in [1.165, 1.54) is 12.8 Å². The highest BCUT2D eigenvalue weighted by molar-refractivity contribution is 5.67. The topological polar surface area (TPSA) is 68.2 Å². The second-order valence-electron chi connectivity index (χ2n) is 7.42. The number of aryl methyl sites for hydroxylation is 1. The quantitative estimate of drug-likeness (QED) is 0.845. The van der Waals surface area contributed by atoms with Crippen LogP contribution in [0.3, 0.4) is 0 Å². The molecule has 2 N–H and O–H groups in total. The molecule has 124 valence electrons. The van der Waals surface area contributed by atoms with Gasteiger partial charge < -0.3 is 15.4 Å². The summed E-state index contributed by atoms with van der Waals surface area (Å²) in [6.07, 6.45) is 5.91. The molecule has 1 aliphatic carbocycles. The fourth-order valence-corrected chi connectivity index (χ4v) is 2.51. The highest BCUT2D eigenvalue weighted by Gasteiger charge is 2.41. The van der Waals surface area contributed by atoms with Crippen molar-refractivity contribution in [3.8, 4) is 0 Å². The summed E-state index contributed by atoms with van der Waals surface area (Å²) >= 11 is 0. The van der Waals surface area contributed by atoms with Gasteiger partial charge in [-0.25, -0.2) is 4.79 Å². The Labute approximate surface area is 132 Å². The Morgan fingerprint density at radius 2 is 2.09 bits per heavy atom. The molecule has 6 nitrogen and oxygen atoms in total. The lowest BCUT2D eigenvalue weighted by atomic mass is 9.95. The normalized spacial score (nSPS) is 17.9. The van der Waals surface area contributed by atoms with Crippen molar-refractivity contribution in [1.82, 2.24) is 20.4 Å². The van der Waals surface area contributed by atoms with E-state index in [2.05, 4.69) is 22.7 Å². The van der Waals surface area contributed by atoms with Crippen molar-refractivity contribution in [2.45, 2.75) is 58.2 Å². The van der Waals surface area contributed by atoms with Crippen molar-refractivity contribution < 1.29 is 9.53 Å². The van der Waals surface area contributed by atoms with Crippen molar-refractivity contribution >= 4 is 6.09 Å². The number of carbonyl (C=O) groups is 1. The fraction of sp³-hybridized carbons (Fsp3) is 0.750. The summed E-state index contributed by atoms with van der Waals surface area (Å²) in [6, 6.07) is 0. The lowest BCUT2D eigenvalue weighted by Crippen LogP contribution is -2.53. The first-order chi connectivity index (χ1) is 10.2. The molecule has 0 spiro atoms. The average Bonchev–Trinajstić information content (AvgIpc) is 3.16. The first kappa shape index (κ1) is 16.8. The largest absolute Gasteiger partial charge is 0.444 e. The minimum atomic E-state index is -0.469. The van der Waals surface area contributed by atoms with Crippen LogP contribution in [0.4, 0.5) is 4.79 Å². The maximum atomic E-state index is 11.9. The summed E-state index contributed by atoms with van der Waals surface area (Å²) in [7, 11) is 1.91. The molecule has 0 saturated heterocycles. The second-order valence-corrected chi connectivity index (χ2v) is 7.42. The first-order valence-electron chi connectivity index (χ1n) is 7.87. The summed E-state index contributed by atoms with van der Waals surface area (Å²) in [5.74, 6) is 0.596. The third-order valence-electron chi connectivity index (χ3n) is 3.93. The van der Waals surface area contributed by atoms with Crippen LogP contribution in [0.5, 0.6) is 0 Å². The van der Waals surface area contributed by atoms with Gasteiger partial charge >= 0.3 is 6.09 Å². The van der Waals surface area contributed by atoms with Crippen LogP contribution in [0.25, 0.3) is 0 Å². The molecule has 0 unspecified atom stereocenters. The van der Waals surface area contributed by atoms with E-state index in [1.54, 1.807) is 4.68 Å². The van der Waals surface area contributed by atoms with Gasteiger partial charge in [-0.2, -0.15) is 5.10 Å². The number of ether oxygens (including phenoxy) is 1. The molecule has 22 heavy (non-hydrogen) atoms. The Hall–Kier alpha value is -1.56. The van der Waals surface area contributed by atoms with Gasteiger partial charge in [0, 0.05) is 37.4 Å². The van der Waals surface area contributed by atoms with Crippen molar-refractivity contribution in [2.75, 3.05) is 6.54 Å². The molecule has 1 aromatic heterocycles. The zero-order chi connectivity index (χ0) is 16.4. The van der Waals surface area contributed by atoms with E-state index in [4.69, 9.17) is 4.74 Å². The van der Waals surface area contributed by atoms with Crippen LogP contribution in [-0.4, -0.2) is 33.6 Å². The van der Waals surface area contributed by atoms with Crippen LogP contribution >= 0.6 is 0 Å². The predicted molar refractivity (Wildman–Crippen MR) is 85.4 cm³/mol. The monoisotopic (exact) mass is 308 g/mol. The molecule has 1 heterocycles. The van der Waals surface area contributed by atoms with Crippen LogP contribution in [0, 0.1) is 5.92 Å². The van der Waals surface area contributed by atoms with E-state index in [1.807, 2.05) is 40.2 Å². The summed E-state index contributed by atoms with van der Waals surface area (Å²) in [5, 5.41) is 10.7. The molecule has 0 aromatic carbocycles. The number of alkyl carbamates (subject to hydrolysis) is 1. The van der Waals surface area contributed by atoms with Gasteiger partial charge in [0.25, 0.3) is 0 Å². The average molecular weight is 308 g/mol. The number of hydrogen-bond donors (Lipinski definition) is 2. The van der Waals surface area contributed by atoms with Crippen LogP contribution < -0.4 is 10.6 Å². The molecule has 1 aromatic rings. The number of nitrogens with zero attached hydrogens (tertiary/aromatic N) is 2. The summed E-state index contributed by atoms with van der Waals surface area (Å²) in [4.78, 5) is 11.9. The van der Waals surface area contributed by atoms with Gasteiger partial charge in [-0.3, -0.25) is 4.68 Å². The number of rotatable bonds is 6. The molecule has 2 rings (SSSR count). The van der Waals surface area contributed by atoms with Gasteiger partial charge in [-0.1, -0.05) is 0 Å². The summed E-state index contributed by atoms with van der Waals surface area (Å²) < 4.78 is 7.10. The number of amides is 1. The Morgan fingerprint density at radius 1 is 1.41 bits per heavy atom. The minimum Gasteiger partial charge on any atom is -0.444 e. The number of hydrogen-bond acceptors (Lipinski definition) is 4. The van der Waals surface area contributed by atoms with Crippen LogP contribution in [0.15, 0.2) is 12.4 Å². The van der Waals surface area contributed by atoms with Gasteiger partial charge in [0.15, 0.2) is 0 Å². The molecule has 1 aliphatic rings. The zero-order valence-electron chi connectivity index (χ0n) is 14.3. The molecule has 0 aliphatic heterocycles. The first-order valence-corrected chi connectivity index (χ1v) is 7.87. The van der Waals surface area contributed by atoms with E-state index < -0.39 is 5.60 Å². The lowest BCUT2D eigenvalue weighted by Gasteiger charge is -2.32. The van der Waals surface area contributed by atoms with Crippen molar-refractivity contribution in [2.24, 2.45) is 13.0 Å². The lowest BCUT2D eigenvalue weighted by molar-refractivity contribution is 0.0507. The second kappa shape index (κ2) is 6.28. The molecule has 1 atom stereocenters. The number of carbonyl (C=O) groups excluding carboxylic acids is 1. The van der Waals surface area contributed by atoms with E-state index >= 15 is 0 Å². The smallest absolute Gasteiger partial charge is 0.407 e. The summed E-state index contributed by atoms with van der Waals surface area (Å²) in [6.45, 7) is 9.08. The van der Waals surface area contributed by atoms with Crippen molar-refractivity contribution in [1.29, 1.82) is 0 Å². The highest BCUT2D eigenvalue weighted by Crippen LogP contribution is 2.39. The van der Waals surface area contributed by atoms with Crippen molar-refractivity contribution in [3.63, 3.8) is 0 Å². The maximum absolute atomic E-state index is 11.9. The van der Waals surface area contributed by atoms with Gasteiger partial charge in [0.2, 0.25) is 0 Å². The molecule has 0 bridgehead atoms. The predicted octanol–water partition coefficient (Wildman–Crippen LogP) is 2.20. The third kappa shape index (κ3) is 5.02. The standard InChI is InChI=1S/C16H28N4O2/c1-15(2,3)22-14(21)17-11-16(4,13-6-7-13)18-8-12-9-19-20(5)10-12/h9-10,13,18H,6-8,11H2,1-5H3,(H,17,21)/t16-/m0/s1. The van der Waals surface area contributed by atoms with Crippen LogP contribution in [0.2, 0.25) is 0 Å². The maximum Gasteiger partial charge on any atom is 0.407 e. The van der Waals surface area contributed by atoms with E-state index in [0.29, 0.717) is 12.5 Å². The van der Waals surface area contributed by atoms with Crippen LogP contribution in [-0.2, 0) is 18.3 Å². The molecule has 0 radical (unpaired) electrons. The Kier molecular flexibility index (Phi) is 4.80. The SMILES string of the molecule is Cn1cc(CN[C@@](C)(CNC(=O)OC(C)(C)C)C2CC2)cn1. The van der Waals surface area contributed by atoms with Gasteiger partial charge in [0.1, 0.15) is 5.60 Å². The molecule has 1 saturated carbocycles. The van der Waals surface area contributed by atoms with Gasteiger partial charge in [-0.15, -0.1) is 0 Å². The van der Waals surface area contributed by atoms with Gasteiger partial charge in [-0.05, 0) is 46.5 Å². The van der Waals surface area contributed by atoms with Crippen molar-refractivity contribution in [3.05, 3.63) is 18.0 Å². The zero-order valence-corrected chi connectivity index (χ0v) is 14.3. The molecule has 1 fully saturated rings. The Morgan fingerprint density at radius 3 is 2.59 bits per heavy atom. The van der Waals surface area contributed by atoms with E-state index in [9.17, 15) is 4.79 Å². The third-order valence-corrected chi connectivity index (χ3v) is 3.93. The summed E-state index contributed by atoms with van der Waals surface area (Å²) in [5.41, 5.74) is 0.558. The number of nitrogens with one attached hydrogen (secondary N) is 2. The highest BCUT2D eigenvalue weighted by atomic mass is 16.6. The van der Waals surface area contributed by atoms with E-state index in [0.717, 1.165) is 12.1 Å². The van der Waals surface area contributed by atoms with E-state index in [-0.39, 0.29) is 11.6 Å².